The molecule has 2 rings (SSSR count). The normalized spacial score (nSPS) is 12.2. The lowest BCUT2D eigenvalue weighted by Gasteiger charge is -2.13. The number of benzene rings is 1. The van der Waals surface area contributed by atoms with Crippen molar-refractivity contribution in [1.82, 2.24) is 14.8 Å². The Bertz CT molecular complexity index is 669. The summed E-state index contributed by atoms with van der Waals surface area (Å²) >= 11 is 11.8. The van der Waals surface area contributed by atoms with E-state index in [0.717, 1.165) is 5.82 Å². The van der Waals surface area contributed by atoms with Crippen LogP contribution in [0, 0.1) is 13.8 Å². The molecule has 0 saturated carbocycles. The van der Waals surface area contributed by atoms with Gasteiger partial charge in [0.25, 0.3) is 0 Å². The number of carbonyl (C=O) groups is 1. The van der Waals surface area contributed by atoms with Crippen molar-refractivity contribution in [2.24, 2.45) is 0 Å². The molecule has 0 aliphatic heterocycles. The number of nitrogens with one attached hydrogen (secondary N) is 1. The molecule has 0 spiro atoms. The largest absolute Gasteiger partial charge is 0.326 e. The Morgan fingerprint density at radius 1 is 1.33 bits per heavy atom. The van der Waals surface area contributed by atoms with Crippen LogP contribution in [0.1, 0.15) is 31.0 Å². The van der Waals surface area contributed by atoms with Crippen LogP contribution in [0.5, 0.6) is 0 Å². The highest BCUT2D eigenvalue weighted by molar-refractivity contribution is 6.42. The minimum Gasteiger partial charge on any atom is -0.326 e. The number of carbonyl (C=O) groups excluding carboxylic acids is 1. The van der Waals surface area contributed by atoms with E-state index in [4.69, 9.17) is 23.2 Å². The van der Waals surface area contributed by atoms with Crippen LogP contribution in [0.25, 0.3) is 0 Å². The Hall–Kier alpha value is -1.59. The maximum atomic E-state index is 12.1. The van der Waals surface area contributed by atoms with Crippen LogP contribution >= 0.6 is 23.2 Å². The zero-order chi connectivity index (χ0) is 15.6. The monoisotopic (exact) mass is 326 g/mol. The fraction of sp³-hybridized carbons (Fsp3) is 0.357. The molecule has 1 amide bonds. The van der Waals surface area contributed by atoms with Crippen LogP contribution in [-0.4, -0.2) is 20.7 Å². The second-order valence-corrected chi connectivity index (χ2v) is 5.70. The lowest BCUT2D eigenvalue weighted by Crippen LogP contribution is -2.19. The van der Waals surface area contributed by atoms with Gasteiger partial charge in [-0.1, -0.05) is 23.2 Å². The number of halogens is 2. The summed E-state index contributed by atoms with van der Waals surface area (Å²) in [6.07, 6.45) is 0.296. The third kappa shape index (κ3) is 3.95. The first-order valence-electron chi connectivity index (χ1n) is 6.51. The van der Waals surface area contributed by atoms with E-state index in [1.54, 1.807) is 22.9 Å². The summed E-state index contributed by atoms with van der Waals surface area (Å²) in [6.45, 7) is 5.62. The SMILES string of the molecule is Cc1nc(C)n(C(C)CC(=O)Nc2ccc(Cl)c(Cl)c2)n1. The van der Waals surface area contributed by atoms with Gasteiger partial charge in [-0.05, 0) is 39.0 Å². The predicted molar refractivity (Wildman–Crippen MR) is 83.9 cm³/mol. The van der Waals surface area contributed by atoms with Crippen LogP contribution in [0.15, 0.2) is 18.2 Å². The summed E-state index contributed by atoms with van der Waals surface area (Å²) in [5.41, 5.74) is 0.619. The first-order chi connectivity index (χ1) is 9.86. The molecule has 0 fully saturated rings. The number of rotatable bonds is 4. The van der Waals surface area contributed by atoms with Crippen LogP contribution in [0.2, 0.25) is 10.0 Å². The van der Waals surface area contributed by atoms with Crippen molar-refractivity contribution in [2.75, 3.05) is 5.32 Å². The average Bonchev–Trinajstić information content (AvgIpc) is 2.73. The average molecular weight is 327 g/mol. The predicted octanol–water partition coefficient (Wildman–Crippen LogP) is 3.79. The molecule has 0 radical (unpaired) electrons. The van der Waals surface area contributed by atoms with Crippen molar-refractivity contribution in [3.05, 3.63) is 39.9 Å². The van der Waals surface area contributed by atoms with Gasteiger partial charge < -0.3 is 5.32 Å². The van der Waals surface area contributed by atoms with Crippen molar-refractivity contribution < 1.29 is 4.79 Å². The van der Waals surface area contributed by atoms with Gasteiger partial charge in [-0.2, -0.15) is 5.10 Å². The molecule has 1 aromatic carbocycles. The Morgan fingerprint density at radius 2 is 2.05 bits per heavy atom. The fourth-order valence-corrected chi connectivity index (χ4v) is 2.39. The fourth-order valence-electron chi connectivity index (χ4n) is 2.09. The Kier molecular flexibility index (Phi) is 4.85. The lowest BCUT2D eigenvalue weighted by molar-refractivity contribution is -0.116. The number of hydrogen-bond acceptors (Lipinski definition) is 3. The second kappa shape index (κ2) is 6.45. The van der Waals surface area contributed by atoms with Gasteiger partial charge in [0, 0.05) is 12.1 Å². The Balaban J connectivity index is 2.01. The van der Waals surface area contributed by atoms with Gasteiger partial charge in [0.1, 0.15) is 11.6 Å². The zero-order valence-corrected chi connectivity index (χ0v) is 13.5. The molecule has 0 saturated heterocycles. The lowest BCUT2D eigenvalue weighted by atomic mass is 10.2. The van der Waals surface area contributed by atoms with E-state index in [2.05, 4.69) is 15.4 Å². The standard InChI is InChI=1S/C14H16Cl2N4O/c1-8(20-10(3)17-9(2)19-20)6-14(21)18-11-4-5-12(15)13(16)7-11/h4-5,7-8H,6H2,1-3H3,(H,18,21). The molecule has 2 aromatic rings. The summed E-state index contributed by atoms with van der Waals surface area (Å²) in [4.78, 5) is 16.3. The molecule has 0 aliphatic carbocycles. The minimum absolute atomic E-state index is 0.0750. The van der Waals surface area contributed by atoms with E-state index in [1.165, 1.54) is 0 Å². The van der Waals surface area contributed by atoms with E-state index in [-0.39, 0.29) is 11.9 Å². The molecule has 5 nitrogen and oxygen atoms in total. The third-order valence-corrected chi connectivity index (χ3v) is 3.75. The van der Waals surface area contributed by atoms with Gasteiger partial charge in [-0.25, -0.2) is 9.67 Å². The van der Waals surface area contributed by atoms with E-state index in [0.29, 0.717) is 28.0 Å². The molecular formula is C14H16Cl2N4O. The number of aryl methyl sites for hydroxylation is 2. The number of anilines is 1. The highest BCUT2D eigenvalue weighted by Crippen LogP contribution is 2.25. The van der Waals surface area contributed by atoms with Gasteiger partial charge in [0.05, 0.1) is 16.1 Å². The van der Waals surface area contributed by atoms with E-state index in [1.807, 2.05) is 20.8 Å². The van der Waals surface area contributed by atoms with Crippen molar-refractivity contribution in [3.8, 4) is 0 Å². The topological polar surface area (TPSA) is 59.8 Å². The molecule has 7 heteroatoms. The van der Waals surface area contributed by atoms with Crippen molar-refractivity contribution in [2.45, 2.75) is 33.2 Å². The number of amides is 1. The molecule has 1 aromatic heterocycles. The van der Waals surface area contributed by atoms with Crippen LogP contribution in [0.3, 0.4) is 0 Å². The molecule has 1 unspecified atom stereocenters. The highest BCUT2D eigenvalue weighted by Gasteiger charge is 2.15. The molecule has 0 aliphatic rings. The third-order valence-electron chi connectivity index (χ3n) is 3.01. The summed E-state index contributed by atoms with van der Waals surface area (Å²) in [5.74, 6) is 1.38. The molecular weight excluding hydrogens is 311 g/mol. The minimum atomic E-state index is -0.117. The molecule has 0 bridgehead atoms. The molecule has 1 atom stereocenters. The number of hydrogen-bond donors (Lipinski definition) is 1. The maximum Gasteiger partial charge on any atom is 0.226 e. The quantitative estimate of drug-likeness (QED) is 0.929. The maximum absolute atomic E-state index is 12.1. The van der Waals surface area contributed by atoms with Gasteiger partial charge in [0.2, 0.25) is 5.91 Å². The van der Waals surface area contributed by atoms with Crippen molar-refractivity contribution in [3.63, 3.8) is 0 Å². The summed E-state index contributed by atoms with van der Waals surface area (Å²) in [6, 6.07) is 4.90. The van der Waals surface area contributed by atoms with E-state index >= 15 is 0 Å². The van der Waals surface area contributed by atoms with E-state index < -0.39 is 0 Å². The first kappa shape index (κ1) is 15.8. The van der Waals surface area contributed by atoms with Gasteiger partial charge in [-0.3, -0.25) is 4.79 Å². The number of aromatic nitrogens is 3. The van der Waals surface area contributed by atoms with Gasteiger partial charge >= 0.3 is 0 Å². The first-order valence-corrected chi connectivity index (χ1v) is 7.27. The zero-order valence-electron chi connectivity index (χ0n) is 12.0. The smallest absolute Gasteiger partial charge is 0.226 e. The van der Waals surface area contributed by atoms with E-state index in [9.17, 15) is 4.79 Å². The molecule has 21 heavy (non-hydrogen) atoms. The van der Waals surface area contributed by atoms with Crippen LogP contribution in [-0.2, 0) is 4.79 Å². The Morgan fingerprint density at radius 3 is 2.62 bits per heavy atom. The molecule has 1 heterocycles. The van der Waals surface area contributed by atoms with Crippen molar-refractivity contribution >= 4 is 34.8 Å². The van der Waals surface area contributed by atoms with Crippen LogP contribution in [0.4, 0.5) is 5.69 Å². The number of nitrogens with zero attached hydrogens (tertiary/aromatic N) is 3. The highest BCUT2D eigenvalue weighted by atomic mass is 35.5. The summed E-state index contributed by atoms with van der Waals surface area (Å²) in [7, 11) is 0. The summed E-state index contributed by atoms with van der Waals surface area (Å²) in [5, 5.41) is 7.94. The summed E-state index contributed by atoms with van der Waals surface area (Å²) < 4.78 is 1.75. The van der Waals surface area contributed by atoms with Gasteiger partial charge in [-0.15, -0.1) is 0 Å². The van der Waals surface area contributed by atoms with Crippen molar-refractivity contribution in [1.29, 1.82) is 0 Å². The molecule has 1 N–H and O–H groups in total. The Labute approximate surface area is 133 Å². The molecule has 112 valence electrons. The van der Waals surface area contributed by atoms with Crippen LogP contribution < -0.4 is 5.32 Å². The second-order valence-electron chi connectivity index (χ2n) is 4.88. The van der Waals surface area contributed by atoms with Gasteiger partial charge in [0.15, 0.2) is 0 Å².